The summed E-state index contributed by atoms with van der Waals surface area (Å²) in [6, 6.07) is 7.85. The standard InChI is InChI=1S/C26H31N5O6/c1-16(2)14-17-8-6-10-18-23(17)37-22(28-18)15-31-13-7-11-20(25(31)34)29-24(33)19(30-26(35)36-3)9-4-5-12-21(27)32/h5-8,10-13,16,19H,4,9,14-15H2,1-3H3,(H2,27,32)(H,29,33)(H,30,35)/b12-5+/t19-/m0/s1. The number of nitrogens with one attached hydrogen (secondary N) is 2. The number of nitrogens with two attached hydrogens (primary N) is 1. The van der Waals surface area contributed by atoms with Crippen molar-refractivity contribution >= 4 is 34.7 Å². The highest BCUT2D eigenvalue weighted by molar-refractivity contribution is 5.96. The number of para-hydroxylation sites is 1. The van der Waals surface area contributed by atoms with E-state index in [0.717, 1.165) is 12.0 Å². The van der Waals surface area contributed by atoms with E-state index in [2.05, 4.69) is 34.2 Å². The summed E-state index contributed by atoms with van der Waals surface area (Å²) in [6.07, 6.45) is 4.68. The summed E-state index contributed by atoms with van der Waals surface area (Å²) in [5, 5.41) is 4.99. The number of aromatic nitrogens is 2. The molecule has 0 aliphatic carbocycles. The quantitative estimate of drug-likeness (QED) is 0.335. The van der Waals surface area contributed by atoms with Crippen molar-refractivity contribution in [3.63, 3.8) is 0 Å². The van der Waals surface area contributed by atoms with Crippen LogP contribution in [0.3, 0.4) is 0 Å². The zero-order valence-electron chi connectivity index (χ0n) is 21.0. The highest BCUT2D eigenvalue weighted by Gasteiger charge is 2.22. The zero-order valence-corrected chi connectivity index (χ0v) is 21.0. The second kappa shape index (κ2) is 12.5. The minimum Gasteiger partial charge on any atom is -0.453 e. The second-order valence-corrected chi connectivity index (χ2v) is 8.89. The molecule has 0 aliphatic heterocycles. The molecule has 1 aromatic carbocycles. The Morgan fingerprint density at radius 3 is 2.70 bits per heavy atom. The third-order valence-electron chi connectivity index (χ3n) is 5.45. The van der Waals surface area contributed by atoms with E-state index in [0.29, 0.717) is 22.9 Å². The number of primary amides is 1. The zero-order chi connectivity index (χ0) is 26.9. The number of ether oxygens (including phenoxy) is 1. The van der Waals surface area contributed by atoms with Crippen molar-refractivity contribution in [1.29, 1.82) is 0 Å². The molecular formula is C26H31N5O6. The molecule has 0 aliphatic rings. The van der Waals surface area contributed by atoms with E-state index in [-0.39, 0.29) is 25.1 Å². The van der Waals surface area contributed by atoms with Crippen molar-refractivity contribution in [2.45, 2.75) is 45.7 Å². The summed E-state index contributed by atoms with van der Waals surface area (Å²) in [5.74, 6) is -0.434. The first kappa shape index (κ1) is 27.2. The van der Waals surface area contributed by atoms with Crippen LogP contribution in [0.2, 0.25) is 0 Å². The lowest BCUT2D eigenvalue weighted by molar-refractivity contribution is -0.118. The Balaban J connectivity index is 1.78. The van der Waals surface area contributed by atoms with Crippen LogP contribution in [0.15, 0.2) is 57.9 Å². The summed E-state index contributed by atoms with van der Waals surface area (Å²) >= 11 is 0. The Kier molecular flexibility index (Phi) is 9.20. The van der Waals surface area contributed by atoms with Gasteiger partial charge in [-0.05, 0) is 55.0 Å². The van der Waals surface area contributed by atoms with Gasteiger partial charge in [0.15, 0.2) is 5.58 Å². The van der Waals surface area contributed by atoms with Crippen molar-refractivity contribution in [1.82, 2.24) is 14.9 Å². The number of anilines is 1. The third kappa shape index (κ3) is 7.53. The topological polar surface area (TPSA) is 159 Å². The number of hydrogen-bond donors (Lipinski definition) is 3. The molecule has 3 amide bonds. The Morgan fingerprint density at radius 2 is 2.00 bits per heavy atom. The van der Waals surface area contributed by atoms with Gasteiger partial charge in [0.25, 0.3) is 5.56 Å². The van der Waals surface area contributed by atoms with Crippen LogP contribution in [-0.2, 0) is 27.3 Å². The van der Waals surface area contributed by atoms with E-state index < -0.39 is 29.5 Å². The molecule has 0 fully saturated rings. The smallest absolute Gasteiger partial charge is 0.407 e. The van der Waals surface area contributed by atoms with Gasteiger partial charge in [0, 0.05) is 6.20 Å². The molecule has 11 nitrogen and oxygen atoms in total. The number of rotatable bonds is 11. The average molecular weight is 510 g/mol. The van der Waals surface area contributed by atoms with Crippen molar-refractivity contribution in [2.24, 2.45) is 11.7 Å². The van der Waals surface area contributed by atoms with Crippen molar-refractivity contribution in [2.75, 3.05) is 12.4 Å². The van der Waals surface area contributed by atoms with Gasteiger partial charge in [-0.2, -0.15) is 0 Å². The summed E-state index contributed by atoms with van der Waals surface area (Å²) < 4.78 is 11.9. The number of fused-ring (bicyclic) bond motifs is 1. The molecule has 1 atom stereocenters. The second-order valence-electron chi connectivity index (χ2n) is 8.89. The molecule has 0 saturated carbocycles. The molecule has 0 spiro atoms. The fourth-order valence-corrected chi connectivity index (χ4v) is 3.77. The lowest BCUT2D eigenvalue weighted by atomic mass is 10.0. The predicted molar refractivity (Wildman–Crippen MR) is 138 cm³/mol. The molecule has 0 unspecified atom stereocenters. The molecule has 2 heterocycles. The van der Waals surface area contributed by atoms with Crippen LogP contribution in [0.4, 0.5) is 10.5 Å². The van der Waals surface area contributed by atoms with Gasteiger partial charge >= 0.3 is 6.09 Å². The van der Waals surface area contributed by atoms with Crippen molar-refractivity contribution < 1.29 is 23.5 Å². The maximum atomic E-state index is 13.1. The van der Waals surface area contributed by atoms with Crippen molar-refractivity contribution in [3.05, 3.63) is 70.5 Å². The highest BCUT2D eigenvalue weighted by atomic mass is 16.5. The fraction of sp³-hybridized carbons (Fsp3) is 0.346. The number of oxazole rings is 1. The van der Waals surface area contributed by atoms with E-state index in [1.165, 1.54) is 29.9 Å². The van der Waals surface area contributed by atoms with Crippen LogP contribution >= 0.6 is 0 Å². The Morgan fingerprint density at radius 1 is 1.22 bits per heavy atom. The van der Waals surface area contributed by atoms with Crippen molar-refractivity contribution in [3.8, 4) is 0 Å². The molecule has 4 N–H and O–H groups in total. The SMILES string of the molecule is COC(=O)N[C@@H](CC/C=C/C(N)=O)C(=O)Nc1cccn(Cc2nc3cccc(CC(C)C)c3o2)c1=O. The number of allylic oxidation sites excluding steroid dienone is 1. The van der Waals surface area contributed by atoms with Gasteiger partial charge in [-0.1, -0.05) is 32.1 Å². The Hall–Kier alpha value is -4.41. The lowest BCUT2D eigenvalue weighted by Gasteiger charge is -2.17. The van der Waals surface area contributed by atoms with Gasteiger partial charge in [0.05, 0.1) is 7.11 Å². The van der Waals surface area contributed by atoms with E-state index >= 15 is 0 Å². The summed E-state index contributed by atoms with van der Waals surface area (Å²) in [5.41, 5.74) is 7.09. The fourth-order valence-electron chi connectivity index (χ4n) is 3.77. The van der Waals surface area contributed by atoms with E-state index in [1.807, 2.05) is 18.2 Å². The monoisotopic (exact) mass is 509 g/mol. The molecule has 11 heteroatoms. The summed E-state index contributed by atoms with van der Waals surface area (Å²) in [6.45, 7) is 4.32. The molecule has 3 aromatic rings. The number of amides is 3. The van der Waals surface area contributed by atoms with Gasteiger partial charge in [0.1, 0.15) is 23.8 Å². The van der Waals surface area contributed by atoms with Crippen LogP contribution in [-0.4, -0.2) is 40.6 Å². The number of hydrogen-bond acceptors (Lipinski definition) is 7. The lowest BCUT2D eigenvalue weighted by Crippen LogP contribution is -2.44. The number of benzene rings is 1. The van der Waals surface area contributed by atoms with Crippen LogP contribution in [0.25, 0.3) is 11.1 Å². The molecular weight excluding hydrogens is 478 g/mol. The maximum absolute atomic E-state index is 13.1. The highest BCUT2D eigenvalue weighted by Crippen LogP contribution is 2.23. The van der Waals surface area contributed by atoms with Gasteiger partial charge in [-0.25, -0.2) is 9.78 Å². The number of carbonyl (C=O) groups excluding carboxylic acids is 3. The van der Waals surface area contributed by atoms with Crippen LogP contribution in [0, 0.1) is 5.92 Å². The number of pyridine rings is 1. The van der Waals surface area contributed by atoms with E-state index in [4.69, 9.17) is 10.2 Å². The normalized spacial score (nSPS) is 12.1. The first-order chi connectivity index (χ1) is 17.7. The van der Waals surface area contributed by atoms with Crippen LogP contribution < -0.4 is 21.9 Å². The summed E-state index contributed by atoms with van der Waals surface area (Å²) in [4.78, 5) is 53.1. The minimum absolute atomic E-state index is 0.0217. The van der Waals surface area contributed by atoms with Crippen LogP contribution in [0.5, 0.6) is 0 Å². The van der Waals surface area contributed by atoms with Crippen LogP contribution in [0.1, 0.15) is 38.1 Å². The molecule has 0 bridgehead atoms. The Bertz CT molecular complexity index is 1360. The number of nitrogens with zero attached hydrogens (tertiary/aromatic N) is 2. The largest absolute Gasteiger partial charge is 0.453 e. The minimum atomic E-state index is -1.02. The van der Waals surface area contributed by atoms with Gasteiger partial charge in [-0.15, -0.1) is 0 Å². The average Bonchev–Trinajstić information content (AvgIpc) is 3.26. The first-order valence-electron chi connectivity index (χ1n) is 11.9. The molecule has 37 heavy (non-hydrogen) atoms. The number of alkyl carbamates (subject to hydrolysis) is 1. The molecule has 0 saturated heterocycles. The number of methoxy groups -OCH3 is 1. The summed E-state index contributed by atoms with van der Waals surface area (Å²) in [7, 11) is 1.17. The molecule has 196 valence electrons. The third-order valence-corrected chi connectivity index (χ3v) is 5.45. The van der Waals surface area contributed by atoms with Gasteiger partial charge in [-0.3, -0.25) is 14.4 Å². The molecule has 0 radical (unpaired) electrons. The molecule has 2 aromatic heterocycles. The van der Waals surface area contributed by atoms with E-state index in [1.54, 1.807) is 12.3 Å². The Labute approximate surface area is 213 Å². The number of carbonyl (C=O) groups is 3. The first-order valence-corrected chi connectivity index (χ1v) is 11.9. The predicted octanol–water partition coefficient (Wildman–Crippen LogP) is 2.72. The van der Waals surface area contributed by atoms with E-state index in [9.17, 15) is 19.2 Å². The van der Waals surface area contributed by atoms with Gasteiger partial charge < -0.3 is 30.1 Å². The van der Waals surface area contributed by atoms with Gasteiger partial charge in [0.2, 0.25) is 17.7 Å². The molecule has 3 rings (SSSR count). The maximum Gasteiger partial charge on any atom is 0.407 e.